The summed E-state index contributed by atoms with van der Waals surface area (Å²) >= 11 is 0. The van der Waals surface area contributed by atoms with Crippen LogP contribution >= 0.6 is 0 Å². The maximum atomic E-state index is 5.95. The van der Waals surface area contributed by atoms with Crippen molar-refractivity contribution >= 4 is 0 Å². The number of benzene rings is 2. The summed E-state index contributed by atoms with van der Waals surface area (Å²) in [6, 6.07) is 14.0. The Morgan fingerprint density at radius 1 is 1.00 bits per heavy atom. The first-order chi connectivity index (χ1) is 9.72. The highest BCUT2D eigenvalue weighted by Crippen LogP contribution is 2.27. The molecular weight excluding hydrogens is 250 g/mol. The standard InChI is InChI=1S/C17H21NO2/c1-4-19-15-7-9-16(10-8-15)20-17-11-14(12-18-3)6-5-13(17)2/h5-11,18H,4,12H2,1-3H3. The molecule has 0 aromatic heterocycles. The normalized spacial score (nSPS) is 10.3. The van der Waals surface area contributed by atoms with Gasteiger partial charge in [0.2, 0.25) is 0 Å². The molecule has 0 unspecified atom stereocenters. The highest BCUT2D eigenvalue weighted by atomic mass is 16.5. The summed E-state index contributed by atoms with van der Waals surface area (Å²) in [6.45, 7) is 5.53. The van der Waals surface area contributed by atoms with E-state index in [0.717, 1.165) is 29.4 Å². The van der Waals surface area contributed by atoms with Crippen molar-refractivity contribution in [1.29, 1.82) is 0 Å². The van der Waals surface area contributed by atoms with Crippen LogP contribution in [0, 0.1) is 6.92 Å². The molecule has 0 fully saturated rings. The van der Waals surface area contributed by atoms with Gasteiger partial charge in [0.05, 0.1) is 6.61 Å². The van der Waals surface area contributed by atoms with Gasteiger partial charge in [-0.15, -0.1) is 0 Å². The summed E-state index contributed by atoms with van der Waals surface area (Å²) in [5.41, 5.74) is 2.33. The van der Waals surface area contributed by atoms with Crippen molar-refractivity contribution < 1.29 is 9.47 Å². The molecular formula is C17H21NO2. The maximum Gasteiger partial charge on any atom is 0.130 e. The molecule has 0 aliphatic heterocycles. The van der Waals surface area contributed by atoms with E-state index < -0.39 is 0 Å². The third-order valence-electron chi connectivity index (χ3n) is 3.00. The minimum Gasteiger partial charge on any atom is -0.494 e. The van der Waals surface area contributed by atoms with Gasteiger partial charge in [-0.1, -0.05) is 12.1 Å². The van der Waals surface area contributed by atoms with Crippen LogP contribution in [0.2, 0.25) is 0 Å². The van der Waals surface area contributed by atoms with Crippen molar-refractivity contribution in [3.63, 3.8) is 0 Å². The van der Waals surface area contributed by atoms with Gasteiger partial charge in [-0.25, -0.2) is 0 Å². The fourth-order valence-electron chi connectivity index (χ4n) is 1.97. The number of rotatable bonds is 6. The molecule has 20 heavy (non-hydrogen) atoms. The third-order valence-corrected chi connectivity index (χ3v) is 3.00. The van der Waals surface area contributed by atoms with Crippen LogP contribution in [0.5, 0.6) is 17.2 Å². The van der Waals surface area contributed by atoms with E-state index in [1.54, 1.807) is 0 Å². The molecule has 0 saturated carbocycles. The Balaban J connectivity index is 2.14. The first-order valence-corrected chi connectivity index (χ1v) is 6.87. The fraction of sp³-hybridized carbons (Fsp3) is 0.294. The van der Waals surface area contributed by atoms with E-state index in [0.29, 0.717) is 6.61 Å². The lowest BCUT2D eigenvalue weighted by Gasteiger charge is -2.11. The highest BCUT2D eigenvalue weighted by molar-refractivity contribution is 5.41. The van der Waals surface area contributed by atoms with Crippen molar-refractivity contribution in [3.8, 4) is 17.2 Å². The fourth-order valence-corrected chi connectivity index (χ4v) is 1.97. The maximum absolute atomic E-state index is 5.95. The van der Waals surface area contributed by atoms with Crippen LogP contribution in [0.3, 0.4) is 0 Å². The van der Waals surface area contributed by atoms with E-state index in [2.05, 4.69) is 23.5 Å². The van der Waals surface area contributed by atoms with Crippen LogP contribution in [-0.2, 0) is 6.54 Å². The summed E-state index contributed by atoms with van der Waals surface area (Å²) < 4.78 is 11.4. The molecule has 2 rings (SSSR count). The molecule has 0 saturated heterocycles. The SMILES string of the molecule is CCOc1ccc(Oc2cc(CNC)ccc2C)cc1. The lowest BCUT2D eigenvalue weighted by Crippen LogP contribution is -2.05. The van der Waals surface area contributed by atoms with Crippen molar-refractivity contribution in [1.82, 2.24) is 5.32 Å². The molecule has 2 aromatic rings. The molecule has 2 aromatic carbocycles. The van der Waals surface area contributed by atoms with Crippen LogP contribution in [0.15, 0.2) is 42.5 Å². The van der Waals surface area contributed by atoms with Gasteiger partial charge in [-0.2, -0.15) is 0 Å². The molecule has 0 heterocycles. The van der Waals surface area contributed by atoms with Crippen LogP contribution < -0.4 is 14.8 Å². The highest BCUT2D eigenvalue weighted by Gasteiger charge is 2.03. The van der Waals surface area contributed by atoms with Gasteiger partial charge in [-0.3, -0.25) is 0 Å². The van der Waals surface area contributed by atoms with Gasteiger partial charge >= 0.3 is 0 Å². The Morgan fingerprint density at radius 2 is 1.70 bits per heavy atom. The van der Waals surface area contributed by atoms with Gasteiger partial charge in [0.25, 0.3) is 0 Å². The van der Waals surface area contributed by atoms with Crippen molar-refractivity contribution in [2.24, 2.45) is 0 Å². The van der Waals surface area contributed by atoms with E-state index >= 15 is 0 Å². The van der Waals surface area contributed by atoms with E-state index in [-0.39, 0.29) is 0 Å². The summed E-state index contributed by atoms with van der Waals surface area (Å²) in [5, 5.41) is 3.14. The van der Waals surface area contributed by atoms with Gasteiger partial charge in [-0.05, 0) is 62.4 Å². The quantitative estimate of drug-likeness (QED) is 0.864. The zero-order valence-corrected chi connectivity index (χ0v) is 12.3. The molecule has 0 radical (unpaired) electrons. The lowest BCUT2D eigenvalue weighted by atomic mass is 10.1. The van der Waals surface area contributed by atoms with Gasteiger partial charge in [0.15, 0.2) is 0 Å². The lowest BCUT2D eigenvalue weighted by molar-refractivity contribution is 0.339. The monoisotopic (exact) mass is 271 g/mol. The van der Waals surface area contributed by atoms with Crippen LogP contribution in [0.1, 0.15) is 18.1 Å². The molecule has 0 bridgehead atoms. The summed E-state index contributed by atoms with van der Waals surface area (Å²) in [5.74, 6) is 2.57. The molecule has 0 atom stereocenters. The predicted molar refractivity (Wildman–Crippen MR) is 81.6 cm³/mol. The zero-order valence-electron chi connectivity index (χ0n) is 12.3. The predicted octanol–water partition coefficient (Wildman–Crippen LogP) is 3.91. The second-order valence-corrected chi connectivity index (χ2v) is 4.64. The van der Waals surface area contributed by atoms with Crippen LogP contribution in [0.4, 0.5) is 0 Å². The third kappa shape index (κ3) is 3.75. The Labute approximate surface area is 120 Å². The molecule has 1 N–H and O–H groups in total. The number of ether oxygens (including phenoxy) is 2. The van der Waals surface area contributed by atoms with Gasteiger partial charge < -0.3 is 14.8 Å². The first kappa shape index (κ1) is 14.4. The number of aryl methyl sites for hydroxylation is 1. The molecule has 106 valence electrons. The Morgan fingerprint density at radius 3 is 2.35 bits per heavy atom. The van der Waals surface area contributed by atoms with Gasteiger partial charge in [0, 0.05) is 6.54 Å². The molecule has 0 aliphatic rings. The topological polar surface area (TPSA) is 30.5 Å². The summed E-state index contributed by atoms with van der Waals surface area (Å²) in [7, 11) is 1.94. The van der Waals surface area contributed by atoms with Crippen molar-refractivity contribution in [2.45, 2.75) is 20.4 Å². The Hall–Kier alpha value is -2.00. The minimum atomic E-state index is 0.672. The number of hydrogen-bond acceptors (Lipinski definition) is 3. The molecule has 0 aliphatic carbocycles. The van der Waals surface area contributed by atoms with Crippen LogP contribution in [-0.4, -0.2) is 13.7 Å². The van der Waals surface area contributed by atoms with Crippen molar-refractivity contribution in [2.75, 3.05) is 13.7 Å². The second kappa shape index (κ2) is 6.96. The van der Waals surface area contributed by atoms with Gasteiger partial charge in [0.1, 0.15) is 17.2 Å². The van der Waals surface area contributed by atoms with Crippen molar-refractivity contribution in [3.05, 3.63) is 53.6 Å². The average molecular weight is 271 g/mol. The van der Waals surface area contributed by atoms with E-state index in [9.17, 15) is 0 Å². The van der Waals surface area contributed by atoms with E-state index in [4.69, 9.17) is 9.47 Å². The minimum absolute atomic E-state index is 0.672. The summed E-state index contributed by atoms with van der Waals surface area (Å²) in [6.07, 6.45) is 0. The zero-order chi connectivity index (χ0) is 14.4. The van der Waals surface area contributed by atoms with E-state index in [1.165, 1.54) is 5.56 Å². The molecule has 3 nitrogen and oxygen atoms in total. The molecule has 0 spiro atoms. The number of nitrogens with one attached hydrogen (secondary N) is 1. The average Bonchev–Trinajstić information content (AvgIpc) is 2.45. The Bertz CT molecular complexity index is 549. The molecule has 0 amide bonds. The smallest absolute Gasteiger partial charge is 0.130 e. The number of hydrogen-bond donors (Lipinski definition) is 1. The first-order valence-electron chi connectivity index (χ1n) is 6.87. The Kier molecular flexibility index (Phi) is 5.02. The van der Waals surface area contributed by atoms with E-state index in [1.807, 2.05) is 45.2 Å². The second-order valence-electron chi connectivity index (χ2n) is 4.64. The van der Waals surface area contributed by atoms with Crippen LogP contribution in [0.25, 0.3) is 0 Å². The molecule has 3 heteroatoms. The summed E-state index contributed by atoms with van der Waals surface area (Å²) in [4.78, 5) is 0. The largest absolute Gasteiger partial charge is 0.494 e.